The van der Waals surface area contributed by atoms with E-state index in [9.17, 15) is 0 Å². The first-order valence-electron chi connectivity index (χ1n) is 5.56. The molecule has 3 N–H and O–H groups in total. The number of thiazole rings is 1. The highest BCUT2D eigenvalue weighted by Crippen LogP contribution is 2.19. The smallest absolute Gasteiger partial charge is 0.124 e. The van der Waals surface area contributed by atoms with Crippen LogP contribution in [0.1, 0.15) is 23.5 Å². The van der Waals surface area contributed by atoms with Gasteiger partial charge in [-0.1, -0.05) is 19.1 Å². The zero-order valence-electron chi connectivity index (χ0n) is 9.96. The summed E-state index contributed by atoms with van der Waals surface area (Å²) in [6.07, 6.45) is 3.50. The Labute approximate surface area is 115 Å². The molecule has 0 aliphatic carbocycles. The minimum atomic E-state index is 0.306. The maximum absolute atomic E-state index is 5.63. The Kier molecular flexibility index (Phi) is 4.22. The third kappa shape index (κ3) is 3.02. The number of thiocarbonyl (C=S) groups is 1. The number of nitrogens with one attached hydrogen (secondary N) is 1. The van der Waals surface area contributed by atoms with Gasteiger partial charge in [-0.25, -0.2) is 4.98 Å². The highest BCUT2D eigenvalue weighted by atomic mass is 32.1. The molecule has 4 nitrogen and oxygen atoms in total. The summed E-state index contributed by atoms with van der Waals surface area (Å²) in [4.78, 5) is 8.78. The fourth-order valence-corrected chi connectivity index (χ4v) is 2.43. The molecule has 0 amide bonds. The van der Waals surface area contributed by atoms with Gasteiger partial charge in [0, 0.05) is 30.2 Å². The van der Waals surface area contributed by atoms with Crippen LogP contribution in [-0.2, 0) is 0 Å². The first kappa shape index (κ1) is 12.9. The van der Waals surface area contributed by atoms with E-state index in [1.165, 1.54) is 0 Å². The lowest BCUT2D eigenvalue weighted by atomic mass is 10.2. The van der Waals surface area contributed by atoms with Gasteiger partial charge in [0.1, 0.15) is 10.7 Å². The number of hydrogen-bond acceptors (Lipinski definition) is 5. The van der Waals surface area contributed by atoms with Crippen molar-refractivity contribution in [2.45, 2.75) is 12.8 Å². The van der Waals surface area contributed by atoms with E-state index in [1.807, 2.05) is 23.7 Å². The molecule has 0 aliphatic rings. The van der Waals surface area contributed by atoms with E-state index in [4.69, 9.17) is 18.0 Å². The third-order valence-corrected chi connectivity index (χ3v) is 3.71. The Morgan fingerprint density at radius 1 is 1.50 bits per heavy atom. The van der Waals surface area contributed by atoms with Crippen LogP contribution in [0.5, 0.6) is 0 Å². The lowest BCUT2D eigenvalue weighted by Gasteiger charge is -2.13. The second-order valence-electron chi connectivity index (χ2n) is 3.92. The molecule has 18 heavy (non-hydrogen) atoms. The Balaban J connectivity index is 2.04. The van der Waals surface area contributed by atoms with E-state index in [0.717, 1.165) is 17.2 Å². The molecule has 6 heteroatoms. The number of anilines is 1. The summed E-state index contributed by atoms with van der Waals surface area (Å²) in [7, 11) is 0. The van der Waals surface area contributed by atoms with Gasteiger partial charge < -0.3 is 11.1 Å². The summed E-state index contributed by atoms with van der Waals surface area (Å²) in [5, 5.41) is 6.42. The molecule has 1 unspecified atom stereocenters. The maximum Gasteiger partial charge on any atom is 0.124 e. The van der Waals surface area contributed by atoms with E-state index < -0.39 is 0 Å². The van der Waals surface area contributed by atoms with Gasteiger partial charge in [-0.2, -0.15) is 0 Å². The molecule has 94 valence electrons. The van der Waals surface area contributed by atoms with Crippen molar-refractivity contribution in [1.29, 1.82) is 0 Å². The number of hydrogen-bond donors (Lipinski definition) is 2. The zero-order valence-corrected chi connectivity index (χ0v) is 11.6. The van der Waals surface area contributed by atoms with Crippen molar-refractivity contribution in [3.05, 3.63) is 40.6 Å². The minimum absolute atomic E-state index is 0.306. The molecule has 0 saturated heterocycles. The van der Waals surface area contributed by atoms with Crippen molar-refractivity contribution >= 4 is 34.2 Å². The van der Waals surface area contributed by atoms with Crippen molar-refractivity contribution in [2.75, 3.05) is 11.9 Å². The largest absolute Gasteiger partial charge is 0.388 e. The van der Waals surface area contributed by atoms with Crippen LogP contribution in [0.2, 0.25) is 0 Å². The van der Waals surface area contributed by atoms with E-state index in [1.54, 1.807) is 17.5 Å². The van der Waals surface area contributed by atoms with Crippen LogP contribution in [0.15, 0.2) is 29.9 Å². The standard InChI is InChI=1S/C12H14N4S2/c1-8(12-15-5-6-18-12)7-16-9-3-2-4-14-10(9)11(13)17/h2-6,8,16H,7H2,1H3,(H2,13,17). The van der Waals surface area contributed by atoms with Crippen LogP contribution in [0, 0.1) is 0 Å². The average molecular weight is 278 g/mol. The van der Waals surface area contributed by atoms with Gasteiger partial charge in [-0.15, -0.1) is 11.3 Å². The van der Waals surface area contributed by atoms with Crippen molar-refractivity contribution in [2.24, 2.45) is 5.73 Å². The van der Waals surface area contributed by atoms with Crippen molar-refractivity contribution < 1.29 is 0 Å². The summed E-state index contributed by atoms with van der Waals surface area (Å²) in [6, 6.07) is 3.79. The number of nitrogens with zero attached hydrogens (tertiary/aromatic N) is 2. The summed E-state index contributed by atoms with van der Waals surface area (Å²) >= 11 is 6.63. The molecule has 0 aromatic carbocycles. The van der Waals surface area contributed by atoms with Gasteiger partial charge in [-0.05, 0) is 12.1 Å². The quantitative estimate of drug-likeness (QED) is 0.822. The highest BCUT2D eigenvalue weighted by Gasteiger charge is 2.10. The van der Waals surface area contributed by atoms with Crippen LogP contribution >= 0.6 is 23.6 Å². The lowest BCUT2D eigenvalue weighted by Crippen LogP contribution is -2.17. The molecule has 0 spiro atoms. The van der Waals surface area contributed by atoms with Gasteiger partial charge in [-0.3, -0.25) is 4.98 Å². The molecule has 0 bridgehead atoms. The van der Waals surface area contributed by atoms with Crippen molar-refractivity contribution in [1.82, 2.24) is 9.97 Å². The predicted octanol–water partition coefficient (Wildman–Crippen LogP) is 2.39. The molecule has 2 aromatic rings. The molecular weight excluding hydrogens is 264 g/mol. The topological polar surface area (TPSA) is 63.8 Å². The second-order valence-corrected chi connectivity index (χ2v) is 5.28. The Morgan fingerprint density at radius 2 is 2.33 bits per heavy atom. The Hall–Kier alpha value is -1.53. The summed E-state index contributed by atoms with van der Waals surface area (Å²) < 4.78 is 0. The molecule has 0 fully saturated rings. The van der Waals surface area contributed by atoms with Crippen molar-refractivity contribution in [3.63, 3.8) is 0 Å². The Bertz CT molecular complexity index is 525. The van der Waals surface area contributed by atoms with Gasteiger partial charge >= 0.3 is 0 Å². The number of rotatable bonds is 5. The predicted molar refractivity (Wildman–Crippen MR) is 79.1 cm³/mol. The van der Waals surface area contributed by atoms with Gasteiger partial charge in [0.25, 0.3) is 0 Å². The van der Waals surface area contributed by atoms with E-state index >= 15 is 0 Å². The van der Waals surface area contributed by atoms with Gasteiger partial charge in [0.2, 0.25) is 0 Å². The second kappa shape index (κ2) is 5.88. The molecule has 0 saturated carbocycles. The zero-order chi connectivity index (χ0) is 13.0. The van der Waals surface area contributed by atoms with Gasteiger partial charge in [0.15, 0.2) is 0 Å². The first-order chi connectivity index (χ1) is 8.68. The normalized spacial score (nSPS) is 12.1. The van der Waals surface area contributed by atoms with Crippen molar-refractivity contribution in [3.8, 4) is 0 Å². The van der Waals surface area contributed by atoms with Crippen LogP contribution in [0.3, 0.4) is 0 Å². The molecule has 2 aromatic heterocycles. The molecule has 0 aliphatic heterocycles. The van der Waals surface area contributed by atoms with Gasteiger partial charge in [0.05, 0.1) is 10.7 Å². The maximum atomic E-state index is 5.63. The monoisotopic (exact) mass is 278 g/mol. The average Bonchev–Trinajstić information content (AvgIpc) is 2.90. The van der Waals surface area contributed by atoms with E-state index in [-0.39, 0.29) is 0 Å². The van der Waals surface area contributed by atoms with Crippen LogP contribution in [-0.4, -0.2) is 21.5 Å². The summed E-state index contributed by atoms with van der Waals surface area (Å²) in [5.74, 6) is 0.337. The van der Waals surface area contributed by atoms with Crippen LogP contribution < -0.4 is 11.1 Å². The molecule has 0 radical (unpaired) electrons. The van der Waals surface area contributed by atoms with Crippen LogP contribution in [0.4, 0.5) is 5.69 Å². The number of pyridine rings is 1. The molecule has 2 heterocycles. The Morgan fingerprint density at radius 3 is 3.00 bits per heavy atom. The van der Waals surface area contributed by atoms with E-state index in [2.05, 4.69) is 22.2 Å². The number of aromatic nitrogens is 2. The van der Waals surface area contributed by atoms with E-state index in [0.29, 0.717) is 16.6 Å². The minimum Gasteiger partial charge on any atom is -0.388 e. The fourth-order valence-electron chi connectivity index (χ4n) is 1.57. The molecule has 1 atom stereocenters. The molecular formula is C12H14N4S2. The number of nitrogens with two attached hydrogens (primary N) is 1. The summed E-state index contributed by atoms with van der Waals surface area (Å²) in [5.41, 5.74) is 7.14. The van der Waals surface area contributed by atoms with Crippen LogP contribution in [0.25, 0.3) is 0 Å². The summed E-state index contributed by atoms with van der Waals surface area (Å²) in [6.45, 7) is 2.90. The SMILES string of the molecule is CC(CNc1cccnc1C(N)=S)c1nccs1. The highest BCUT2D eigenvalue weighted by molar-refractivity contribution is 7.80. The first-order valence-corrected chi connectivity index (χ1v) is 6.85. The lowest BCUT2D eigenvalue weighted by molar-refractivity contribution is 0.794. The fraction of sp³-hybridized carbons (Fsp3) is 0.250. The third-order valence-electron chi connectivity index (χ3n) is 2.51. The molecule has 2 rings (SSSR count).